The van der Waals surface area contributed by atoms with Crippen LogP contribution in [0.2, 0.25) is 17.6 Å². The maximum atomic E-state index is 6.73. The molecule has 2 heteroatoms. The molecule has 74 valence electrons. The van der Waals surface area contributed by atoms with E-state index >= 15 is 0 Å². The van der Waals surface area contributed by atoms with E-state index in [2.05, 4.69) is 27.7 Å². The molecule has 0 aromatic heterocycles. The number of hydrogen-bond donors (Lipinski definition) is 0. The summed E-state index contributed by atoms with van der Waals surface area (Å²) in [5.74, 6) is 0. The van der Waals surface area contributed by atoms with Gasteiger partial charge in [-0.15, -0.1) is 0 Å². The van der Waals surface area contributed by atoms with Gasteiger partial charge in [0.2, 0.25) is 0 Å². The van der Waals surface area contributed by atoms with Crippen LogP contribution in [0.4, 0.5) is 0 Å². The van der Waals surface area contributed by atoms with Crippen molar-refractivity contribution in [1.29, 1.82) is 0 Å². The van der Waals surface area contributed by atoms with Gasteiger partial charge in [-0.2, -0.15) is 11.1 Å². The standard InChI is InChI=1S/C10H23ClSi/c1-5-8-12(11,9-6-2)10(4)7-3/h10H,5-9H2,1-4H3. The van der Waals surface area contributed by atoms with Crippen molar-refractivity contribution in [3.63, 3.8) is 0 Å². The average Bonchev–Trinajstić information content (AvgIpc) is 2.04. The van der Waals surface area contributed by atoms with Crippen molar-refractivity contribution in [3.8, 4) is 0 Å². The van der Waals surface area contributed by atoms with Gasteiger partial charge >= 0.3 is 0 Å². The van der Waals surface area contributed by atoms with Crippen molar-refractivity contribution in [2.45, 2.75) is 64.6 Å². The first-order chi connectivity index (χ1) is 5.60. The molecule has 0 rings (SSSR count). The van der Waals surface area contributed by atoms with Crippen molar-refractivity contribution in [3.05, 3.63) is 0 Å². The van der Waals surface area contributed by atoms with E-state index < -0.39 is 7.38 Å². The fraction of sp³-hybridized carbons (Fsp3) is 1.00. The Morgan fingerprint density at radius 2 is 1.50 bits per heavy atom. The summed E-state index contributed by atoms with van der Waals surface area (Å²) in [5, 5.41) is 0. The largest absolute Gasteiger partial charge is 0.167 e. The Labute approximate surface area is 83.4 Å². The van der Waals surface area contributed by atoms with Crippen molar-refractivity contribution >= 4 is 18.5 Å². The Kier molecular flexibility index (Phi) is 6.29. The average molecular weight is 207 g/mol. The van der Waals surface area contributed by atoms with Gasteiger partial charge in [-0.05, 0) is 17.6 Å². The summed E-state index contributed by atoms with van der Waals surface area (Å²) < 4.78 is 0. The molecule has 0 radical (unpaired) electrons. The molecule has 0 aliphatic heterocycles. The van der Waals surface area contributed by atoms with Crippen LogP contribution in [0.15, 0.2) is 0 Å². The summed E-state index contributed by atoms with van der Waals surface area (Å²) >= 11 is 6.73. The summed E-state index contributed by atoms with van der Waals surface area (Å²) in [7, 11) is -1.38. The van der Waals surface area contributed by atoms with E-state index in [9.17, 15) is 0 Å². The van der Waals surface area contributed by atoms with Gasteiger partial charge in [0.1, 0.15) is 0 Å². The van der Waals surface area contributed by atoms with Gasteiger partial charge in [-0.3, -0.25) is 0 Å². The molecule has 0 aliphatic rings. The molecule has 12 heavy (non-hydrogen) atoms. The maximum absolute atomic E-state index is 6.73. The van der Waals surface area contributed by atoms with Crippen LogP contribution >= 0.6 is 11.1 Å². The first-order valence-electron chi connectivity index (χ1n) is 5.29. The normalized spacial score (nSPS) is 14.8. The molecular weight excluding hydrogens is 184 g/mol. The van der Waals surface area contributed by atoms with Crippen molar-refractivity contribution < 1.29 is 0 Å². The quantitative estimate of drug-likeness (QED) is 0.433. The summed E-state index contributed by atoms with van der Waals surface area (Å²) in [6, 6.07) is 2.61. The van der Waals surface area contributed by atoms with Gasteiger partial charge in [0.05, 0.1) is 0 Å². The zero-order valence-electron chi connectivity index (χ0n) is 8.99. The number of halogens is 1. The first kappa shape index (κ1) is 12.5. The molecule has 0 aromatic carbocycles. The van der Waals surface area contributed by atoms with Gasteiger partial charge < -0.3 is 0 Å². The highest BCUT2D eigenvalue weighted by Gasteiger charge is 2.33. The molecule has 0 fully saturated rings. The van der Waals surface area contributed by atoms with Crippen LogP contribution < -0.4 is 0 Å². The second-order valence-corrected chi connectivity index (χ2v) is 10.2. The van der Waals surface area contributed by atoms with Gasteiger partial charge in [0.15, 0.2) is 7.38 Å². The highest BCUT2D eigenvalue weighted by atomic mass is 35.6. The van der Waals surface area contributed by atoms with Crippen LogP contribution in [-0.4, -0.2) is 7.38 Å². The van der Waals surface area contributed by atoms with Crippen LogP contribution in [0.5, 0.6) is 0 Å². The Bertz CT molecular complexity index is 108. The minimum Gasteiger partial charge on any atom is -0.167 e. The van der Waals surface area contributed by atoms with Crippen molar-refractivity contribution in [1.82, 2.24) is 0 Å². The lowest BCUT2D eigenvalue weighted by molar-refractivity contribution is 0.815. The van der Waals surface area contributed by atoms with E-state index in [0.717, 1.165) is 5.54 Å². The minimum absolute atomic E-state index is 0.791. The van der Waals surface area contributed by atoms with Crippen LogP contribution in [-0.2, 0) is 0 Å². The van der Waals surface area contributed by atoms with Crippen molar-refractivity contribution in [2.75, 3.05) is 0 Å². The third-order valence-corrected chi connectivity index (χ3v) is 9.92. The molecule has 0 nitrogen and oxygen atoms in total. The van der Waals surface area contributed by atoms with Gasteiger partial charge in [-0.25, -0.2) is 0 Å². The Morgan fingerprint density at radius 1 is 1.08 bits per heavy atom. The molecule has 0 amide bonds. The van der Waals surface area contributed by atoms with Gasteiger partial charge in [0.25, 0.3) is 0 Å². The summed E-state index contributed by atoms with van der Waals surface area (Å²) in [6.07, 6.45) is 3.79. The predicted octanol–water partition coefficient (Wildman–Crippen LogP) is 4.79. The van der Waals surface area contributed by atoms with E-state index in [1.54, 1.807) is 0 Å². The number of rotatable bonds is 6. The monoisotopic (exact) mass is 206 g/mol. The highest BCUT2D eigenvalue weighted by molar-refractivity contribution is 7.21. The molecular formula is C10H23ClSi. The van der Waals surface area contributed by atoms with Crippen molar-refractivity contribution in [2.24, 2.45) is 0 Å². The minimum atomic E-state index is -1.38. The molecule has 1 unspecified atom stereocenters. The molecule has 0 aliphatic carbocycles. The fourth-order valence-corrected chi connectivity index (χ4v) is 7.04. The Hall–Kier alpha value is 0.507. The van der Waals surface area contributed by atoms with E-state index in [1.807, 2.05) is 0 Å². The zero-order chi connectivity index (χ0) is 9.61. The highest BCUT2D eigenvalue weighted by Crippen LogP contribution is 2.37. The van der Waals surface area contributed by atoms with Gasteiger partial charge in [0, 0.05) is 0 Å². The molecule has 0 saturated carbocycles. The maximum Gasteiger partial charge on any atom is 0.159 e. The smallest absolute Gasteiger partial charge is 0.159 e. The van der Waals surface area contributed by atoms with Crippen LogP contribution in [0.3, 0.4) is 0 Å². The number of hydrogen-bond acceptors (Lipinski definition) is 0. The summed E-state index contributed by atoms with van der Waals surface area (Å²) in [6.45, 7) is 9.11. The summed E-state index contributed by atoms with van der Waals surface area (Å²) in [4.78, 5) is 0. The van der Waals surface area contributed by atoms with E-state index in [-0.39, 0.29) is 0 Å². The topological polar surface area (TPSA) is 0 Å². The molecule has 0 heterocycles. The fourth-order valence-electron chi connectivity index (χ4n) is 1.81. The molecule has 1 atom stereocenters. The third-order valence-electron chi connectivity index (χ3n) is 2.83. The Balaban J connectivity index is 4.15. The van der Waals surface area contributed by atoms with E-state index in [4.69, 9.17) is 11.1 Å². The lowest BCUT2D eigenvalue weighted by Crippen LogP contribution is -2.31. The Morgan fingerprint density at radius 3 is 1.75 bits per heavy atom. The second-order valence-electron chi connectivity index (χ2n) is 3.84. The molecule has 0 N–H and O–H groups in total. The third kappa shape index (κ3) is 3.49. The lowest BCUT2D eigenvalue weighted by Gasteiger charge is -2.29. The van der Waals surface area contributed by atoms with E-state index in [1.165, 1.54) is 31.4 Å². The zero-order valence-corrected chi connectivity index (χ0v) is 10.7. The van der Waals surface area contributed by atoms with Crippen LogP contribution in [0.1, 0.15) is 47.0 Å². The lowest BCUT2D eigenvalue weighted by atomic mass is 10.4. The molecule has 0 bridgehead atoms. The van der Waals surface area contributed by atoms with Crippen LogP contribution in [0, 0.1) is 0 Å². The van der Waals surface area contributed by atoms with Gasteiger partial charge in [-0.1, -0.05) is 47.0 Å². The molecule has 0 aromatic rings. The first-order valence-corrected chi connectivity index (χ1v) is 8.80. The SMILES string of the molecule is CCC[Si](Cl)(CCC)C(C)CC. The second kappa shape index (κ2) is 6.04. The predicted molar refractivity (Wildman–Crippen MR) is 61.5 cm³/mol. The molecule has 0 saturated heterocycles. The van der Waals surface area contributed by atoms with E-state index in [0.29, 0.717) is 0 Å². The molecule has 0 spiro atoms. The summed E-state index contributed by atoms with van der Waals surface area (Å²) in [5.41, 5.74) is 0.791. The van der Waals surface area contributed by atoms with Crippen LogP contribution in [0.25, 0.3) is 0 Å².